The molecule has 2 nitrogen and oxygen atoms in total. The van der Waals surface area contributed by atoms with E-state index in [1.165, 1.54) is 36.1 Å². The third-order valence-electron chi connectivity index (χ3n) is 5.74. The molecule has 1 saturated heterocycles. The van der Waals surface area contributed by atoms with Crippen LogP contribution in [-0.2, 0) is 6.42 Å². The van der Waals surface area contributed by atoms with Gasteiger partial charge in [-0.2, -0.15) is 0 Å². The summed E-state index contributed by atoms with van der Waals surface area (Å²) in [7, 11) is 0. The summed E-state index contributed by atoms with van der Waals surface area (Å²) in [6, 6.07) is 9.30. The third-order valence-corrected chi connectivity index (χ3v) is 6.05. The van der Waals surface area contributed by atoms with Crippen LogP contribution >= 0.6 is 11.6 Å². The van der Waals surface area contributed by atoms with Gasteiger partial charge in [-0.15, -0.1) is 0 Å². The largest absolute Gasteiger partial charge is 0.357 e. The lowest BCUT2D eigenvalue weighted by Gasteiger charge is -2.33. The summed E-state index contributed by atoms with van der Waals surface area (Å²) < 4.78 is 0. The van der Waals surface area contributed by atoms with Crippen LogP contribution in [0.15, 0.2) is 35.4 Å². The third kappa shape index (κ3) is 1.69. The van der Waals surface area contributed by atoms with Gasteiger partial charge in [0.05, 0.1) is 6.04 Å². The van der Waals surface area contributed by atoms with Gasteiger partial charge >= 0.3 is 0 Å². The molecular formula is C18H19ClN2. The molecule has 21 heavy (non-hydrogen) atoms. The summed E-state index contributed by atoms with van der Waals surface area (Å²) in [5.41, 5.74) is 4.32. The first kappa shape index (κ1) is 12.3. The van der Waals surface area contributed by atoms with E-state index >= 15 is 0 Å². The summed E-state index contributed by atoms with van der Waals surface area (Å²) in [6.45, 7) is 2.44. The summed E-state index contributed by atoms with van der Waals surface area (Å²) in [5, 5.41) is 2.49. The maximum Gasteiger partial charge on any atom is 0.0536 e. The van der Waals surface area contributed by atoms with Gasteiger partial charge in [-0.1, -0.05) is 35.9 Å². The predicted octanol–water partition coefficient (Wildman–Crippen LogP) is 4.23. The number of nitrogens with one attached hydrogen (secondary N) is 1. The predicted molar refractivity (Wildman–Crippen MR) is 86.5 cm³/mol. The Morgan fingerprint density at radius 1 is 1.24 bits per heavy atom. The monoisotopic (exact) mass is 298 g/mol. The van der Waals surface area contributed by atoms with Crippen LogP contribution in [0.5, 0.6) is 0 Å². The van der Waals surface area contributed by atoms with E-state index in [1.807, 2.05) is 0 Å². The molecule has 1 aromatic heterocycles. The highest BCUT2D eigenvalue weighted by Crippen LogP contribution is 2.51. The van der Waals surface area contributed by atoms with Crippen molar-refractivity contribution in [1.82, 2.24) is 9.88 Å². The maximum absolute atomic E-state index is 6.35. The zero-order chi connectivity index (χ0) is 14.0. The van der Waals surface area contributed by atoms with Crippen molar-refractivity contribution in [3.63, 3.8) is 0 Å². The topological polar surface area (TPSA) is 19.0 Å². The zero-order valence-corrected chi connectivity index (χ0v) is 12.7. The minimum absolute atomic E-state index is 0.550. The summed E-state index contributed by atoms with van der Waals surface area (Å²) in [6.07, 6.45) is 5.64. The van der Waals surface area contributed by atoms with E-state index in [-0.39, 0.29) is 0 Å². The van der Waals surface area contributed by atoms with E-state index in [0.717, 1.165) is 23.8 Å². The molecule has 1 aromatic carbocycles. The van der Waals surface area contributed by atoms with Crippen molar-refractivity contribution >= 4 is 22.5 Å². The van der Waals surface area contributed by atoms with Crippen molar-refractivity contribution in [1.29, 1.82) is 0 Å². The average Bonchev–Trinajstić information content (AvgIpc) is 3.04. The molecule has 0 spiro atoms. The first-order valence-corrected chi connectivity index (χ1v) is 8.37. The number of aromatic amines is 1. The molecule has 3 heterocycles. The smallest absolute Gasteiger partial charge is 0.0536 e. The Balaban J connectivity index is 1.65. The van der Waals surface area contributed by atoms with Crippen molar-refractivity contribution in [3.05, 3.63) is 46.6 Å². The second-order valence-electron chi connectivity index (χ2n) is 6.77. The van der Waals surface area contributed by atoms with Crippen molar-refractivity contribution in [2.45, 2.75) is 25.3 Å². The van der Waals surface area contributed by atoms with Crippen LogP contribution in [0.2, 0.25) is 0 Å². The number of allylic oxidation sites excluding steroid dienone is 2. The highest BCUT2D eigenvalue weighted by molar-refractivity contribution is 6.29. The van der Waals surface area contributed by atoms with Crippen LogP contribution in [0.3, 0.4) is 0 Å². The van der Waals surface area contributed by atoms with E-state index in [4.69, 9.17) is 11.6 Å². The molecule has 3 heteroatoms. The Bertz CT molecular complexity index is 745. The number of H-pyrrole nitrogens is 1. The maximum atomic E-state index is 6.35. The number of hydrogen-bond donors (Lipinski definition) is 1. The average molecular weight is 299 g/mol. The van der Waals surface area contributed by atoms with E-state index in [9.17, 15) is 0 Å². The van der Waals surface area contributed by atoms with Gasteiger partial charge in [0.15, 0.2) is 0 Å². The van der Waals surface area contributed by atoms with Crippen LogP contribution in [-0.4, -0.2) is 23.0 Å². The standard InChI is InChI=1S/C18H19ClN2/c19-12-6-5-11-10-21-8-7-14-13-3-1-2-4-16(13)20-17(14)18(21)15(11)9-12/h1-4,6,11,15,18,20H,5,7-10H2. The van der Waals surface area contributed by atoms with Crippen LogP contribution in [0.25, 0.3) is 10.9 Å². The van der Waals surface area contributed by atoms with Crippen LogP contribution in [0, 0.1) is 11.8 Å². The zero-order valence-electron chi connectivity index (χ0n) is 12.0. The Labute approximate surface area is 129 Å². The molecule has 1 N–H and O–H groups in total. The van der Waals surface area contributed by atoms with Crippen molar-refractivity contribution in [2.24, 2.45) is 11.8 Å². The SMILES string of the molecule is ClC1=CCC2CN3CCc4c([nH]c5ccccc45)C3C2C1. The molecular weight excluding hydrogens is 280 g/mol. The molecule has 3 aliphatic rings. The molecule has 0 saturated carbocycles. The fraction of sp³-hybridized carbons (Fsp3) is 0.444. The van der Waals surface area contributed by atoms with E-state index < -0.39 is 0 Å². The van der Waals surface area contributed by atoms with Gasteiger partial charge in [-0.25, -0.2) is 0 Å². The number of benzene rings is 1. The number of para-hydroxylation sites is 1. The second kappa shape index (κ2) is 4.37. The Morgan fingerprint density at radius 3 is 3.10 bits per heavy atom. The second-order valence-corrected chi connectivity index (χ2v) is 7.25. The quantitative estimate of drug-likeness (QED) is 0.771. The minimum Gasteiger partial charge on any atom is -0.357 e. The molecule has 3 unspecified atom stereocenters. The molecule has 1 aliphatic carbocycles. The molecule has 0 bridgehead atoms. The molecule has 0 radical (unpaired) electrons. The molecule has 1 fully saturated rings. The number of nitrogens with zero attached hydrogens (tertiary/aromatic N) is 1. The van der Waals surface area contributed by atoms with Gasteiger partial charge in [0.25, 0.3) is 0 Å². The molecule has 5 rings (SSSR count). The van der Waals surface area contributed by atoms with Gasteiger partial charge in [0, 0.05) is 34.7 Å². The number of halogens is 1. The molecule has 0 amide bonds. The fourth-order valence-corrected chi connectivity index (χ4v) is 5.09. The lowest BCUT2D eigenvalue weighted by molar-refractivity contribution is 0.210. The molecule has 2 aliphatic heterocycles. The van der Waals surface area contributed by atoms with Gasteiger partial charge in [-0.3, -0.25) is 4.90 Å². The number of rotatable bonds is 0. The van der Waals surface area contributed by atoms with E-state index in [2.05, 4.69) is 40.2 Å². The van der Waals surface area contributed by atoms with Gasteiger partial charge < -0.3 is 4.98 Å². The first-order valence-electron chi connectivity index (χ1n) is 7.99. The first-order chi connectivity index (χ1) is 10.3. The Hall–Kier alpha value is -1.25. The van der Waals surface area contributed by atoms with E-state index in [0.29, 0.717) is 12.0 Å². The van der Waals surface area contributed by atoms with Crippen LogP contribution < -0.4 is 0 Å². The normalized spacial score (nSPS) is 31.7. The number of hydrogen-bond acceptors (Lipinski definition) is 1. The van der Waals surface area contributed by atoms with Gasteiger partial charge in [0.1, 0.15) is 0 Å². The highest BCUT2D eigenvalue weighted by atomic mass is 35.5. The fourth-order valence-electron chi connectivity index (χ4n) is 4.82. The van der Waals surface area contributed by atoms with Crippen LogP contribution in [0.4, 0.5) is 0 Å². The molecule has 108 valence electrons. The summed E-state index contributed by atoms with van der Waals surface area (Å²) >= 11 is 6.35. The van der Waals surface area contributed by atoms with Crippen molar-refractivity contribution in [3.8, 4) is 0 Å². The van der Waals surface area contributed by atoms with Crippen molar-refractivity contribution < 1.29 is 0 Å². The molecule has 2 aromatic rings. The van der Waals surface area contributed by atoms with Crippen LogP contribution in [0.1, 0.15) is 30.1 Å². The lowest BCUT2D eigenvalue weighted by atomic mass is 9.79. The number of fused-ring (bicyclic) bond motifs is 7. The van der Waals surface area contributed by atoms with E-state index in [1.54, 1.807) is 5.56 Å². The molecule has 3 atom stereocenters. The Morgan fingerprint density at radius 2 is 2.14 bits per heavy atom. The lowest BCUT2D eigenvalue weighted by Crippen LogP contribution is -2.32. The summed E-state index contributed by atoms with van der Waals surface area (Å²) in [5.74, 6) is 1.48. The van der Waals surface area contributed by atoms with Gasteiger partial charge in [0.2, 0.25) is 0 Å². The van der Waals surface area contributed by atoms with Crippen molar-refractivity contribution in [2.75, 3.05) is 13.1 Å². The number of aromatic nitrogens is 1. The van der Waals surface area contributed by atoms with Gasteiger partial charge in [-0.05, 0) is 42.7 Å². The summed E-state index contributed by atoms with van der Waals surface area (Å²) in [4.78, 5) is 6.42. The highest BCUT2D eigenvalue weighted by Gasteiger charge is 2.46. The Kier molecular flexibility index (Phi) is 2.56. The minimum atomic E-state index is 0.550.